The van der Waals surface area contributed by atoms with E-state index in [1.165, 1.54) is 12.1 Å². The van der Waals surface area contributed by atoms with Crippen LogP contribution in [0.3, 0.4) is 0 Å². The minimum atomic E-state index is -4.91. The second-order valence-corrected chi connectivity index (χ2v) is 8.15. The van der Waals surface area contributed by atoms with Crippen LogP contribution in [0.15, 0.2) is 42.5 Å². The van der Waals surface area contributed by atoms with Crippen molar-refractivity contribution in [2.75, 3.05) is 0 Å². The van der Waals surface area contributed by atoms with Gasteiger partial charge in [0.25, 0.3) is 0 Å². The van der Waals surface area contributed by atoms with Crippen LogP contribution in [0.1, 0.15) is 47.9 Å². The third kappa shape index (κ3) is 4.43. The number of nitrogens with one attached hydrogen (secondary N) is 1. The number of fused-ring (bicyclic) bond motifs is 2. The summed E-state index contributed by atoms with van der Waals surface area (Å²) in [4.78, 5) is 0. The normalized spacial score (nSPS) is 26.3. The summed E-state index contributed by atoms with van der Waals surface area (Å²) in [5.41, 5.74) is -2.78. The van der Waals surface area contributed by atoms with Crippen molar-refractivity contribution in [1.82, 2.24) is 5.32 Å². The van der Waals surface area contributed by atoms with E-state index in [4.69, 9.17) is 4.74 Å². The van der Waals surface area contributed by atoms with Crippen LogP contribution < -0.4 is 5.32 Å². The molecule has 2 aliphatic rings. The summed E-state index contributed by atoms with van der Waals surface area (Å²) >= 11 is 0. The van der Waals surface area contributed by atoms with Crippen LogP contribution in [0.4, 0.5) is 30.7 Å². The second-order valence-electron chi connectivity index (χ2n) is 8.15. The maximum Gasteiger partial charge on any atom is 0.416 e. The van der Waals surface area contributed by atoms with Gasteiger partial charge in [-0.05, 0) is 67.1 Å². The summed E-state index contributed by atoms with van der Waals surface area (Å²) in [5, 5.41) is 3.49. The fourth-order valence-electron chi connectivity index (χ4n) is 4.67. The lowest BCUT2D eigenvalue weighted by Gasteiger charge is -2.42. The highest BCUT2D eigenvalue weighted by molar-refractivity contribution is 5.34. The molecular formula is C22H20F7NO. The number of piperidine rings is 1. The van der Waals surface area contributed by atoms with Gasteiger partial charge in [-0.15, -0.1) is 0 Å². The van der Waals surface area contributed by atoms with Gasteiger partial charge in [0.1, 0.15) is 5.82 Å². The molecule has 0 saturated carbocycles. The molecule has 168 valence electrons. The molecule has 2 bridgehead atoms. The van der Waals surface area contributed by atoms with Gasteiger partial charge in [-0.1, -0.05) is 12.1 Å². The summed E-state index contributed by atoms with van der Waals surface area (Å²) in [5.74, 6) is -0.397. The minimum absolute atomic E-state index is 0.104. The van der Waals surface area contributed by atoms with E-state index in [1.807, 2.05) is 0 Å². The summed E-state index contributed by atoms with van der Waals surface area (Å²) in [7, 11) is 0. The Kier molecular flexibility index (Phi) is 5.54. The number of ether oxygens (including phenoxy) is 1. The number of hydrogen-bond donors (Lipinski definition) is 1. The van der Waals surface area contributed by atoms with Crippen LogP contribution in [0, 0.1) is 5.82 Å². The first kappa shape index (κ1) is 22.1. The SMILES string of the molecule is Fc1ccc(C23CCC(CCC2OCc2cc(C(F)(F)F)cc(C(F)(F)F)c2)N3)cc1. The Hall–Kier alpha value is -2.13. The number of halogens is 7. The molecule has 2 heterocycles. The Morgan fingerprint density at radius 2 is 1.48 bits per heavy atom. The fraction of sp³-hybridized carbons (Fsp3) is 0.455. The first-order chi connectivity index (χ1) is 14.5. The molecule has 2 aromatic rings. The van der Waals surface area contributed by atoms with Gasteiger partial charge in [0.05, 0.1) is 29.4 Å². The molecule has 2 fully saturated rings. The van der Waals surface area contributed by atoms with Crippen LogP contribution in [-0.2, 0) is 29.2 Å². The Bertz CT molecular complexity index is 906. The highest BCUT2D eigenvalue weighted by atomic mass is 19.4. The average Bonchev–Trinajstić information content (AvgIpc) is 3.05. The Morgan fingerprint density at radius 3 is 2.06 bits per heavy atom. The van der Waals surface area contributed by atoms with E-state index in [1.54, 1.807) is 12.1 Å². The van der Waals surface area contributed by atoms with Gasteiger partial charge in [-0.25, -0.2) is 4.39 Å². The first-order valence-electron chi connectivity index (χ1n) is 9.91. The summed E-state index contributed by atoms with van der Waals surface area (Å²) in [6, 6.07) is 7.65. The molecule has 9 heteroatoms. The molecule has 2 saturated heterocycles. The van der Waals surface area contributed by atoms with Crippen molar-refractivity contribution in [2.45, 2.75) is 62.3 Å². The van der Waals surface area contributed by atoms with Crippen LogP contribution in [0.25, 0.3) is 0 Å². The van der Waals surface area contributed by atoms with Crippen LogP contribution in [0.5, 0.6) is 0 Å². The van der Waals surface area contributed by atoms with E-state index in [0.717, 1.165) is 18.4 Å². The number of alkyl halides is 6. The molecule has 2 nitrogen and oxygen atoms in total. The first-order valence-corrected chi connectivity index (χ1v) is 9.91. The molecule has 0 aliphatic carbocycles. The Balaban J connectivity index is 1.61. The number of hydrogen-bond acceptors (Lipinski definition) is 2. The van der Waals surface area contributed by atoms with Crippen molar-refractivity contribution < 1.29 is 35.5 Å². The van der Waals surface area contributed by atoms with Gasteiger partial charge in [-0.3, -0.25) is 0 Å². The maximum atomic E-state index is 13.4. The molecular weight excluding hydrogens is 427 g/mol. The molecule has 0 spiro atoms. The van der Waals surface area contributed by atoms with Crippen LogP contribution >= 0.6 is 0 Å². The highest BCUT2D eigenvalue weighted by Gasteiger charge is 2.50. The lowest BCUT2D eigenvalue weighted by molar-refractivity contribution is -0.143. The molecule has 0 radical (unpaired) electrons. The summed E-state index contributed by atoms with van der Waals surface area (Å²) in [6.45, 7) is -0.396. The van der Waals surface area contributed by atoms with Crippen molar-refractivity contribution in [3.05, 3.63) is 70.5 Å². The monoisotopic (exact) mass is 447 g/mol. The van der Waals surface area contributed by atoms with Gasteiger partial charge < -0.3 is 10.1 Å². The molecule has 3 atom stereocenters. The Morgan fingerprint density at radius 1 is 0.871 bits per heavy atom. The van der Waals surface area contributed by atoms with Crippen molar-refractivity contribution in [3.63, 3.8) is 0 Å². The maximum absolute atomic E-state index is 13.4. The smallest absolute Gasteiger partial charge is 0.371 e. The Labute approximate surface area is 174 Å². The molecule has 2 aliphatic heterocycles. The molecule has 3 unspecified atom stereocenters. The second kappa shape index (κ2) is 7.78. The van der Waals surface area contributed by atoms with E-state index in [9.17, 15) is 30.7 Å². The van der Waals surface area contributed by atoms with Gasteiger partial charge in [0, 0.05) is 6.04 Å². The predicted octanol–water partition coefficient (Wildman–Crippen LogP) is 6.19. The summed E-state index contributed by atoms with van der Waals surface area (Å²) < 4.78 is 98.0. The lowest BCUT2D eigenvalue weighted by Crippen LogP contribution is -2.54. The summed E-state index contributed by atoms with van der Waals surface area (Å²) in [6.07, 6.45) is -7.36. The highest BCUT2D eigenvalue weighted by Crippen LogP contribution is 2.45. The zero-order chi connectivity index (χ0) is 22.4. The van der Waals surface area contributed by atoms with E-state index < -0.39 is 47.5 Å². The third-order valence-electron chi connectivity index (χ3n) is 6.13. The molecule has 1 N–H and O–H groups in total. The standard InChI is InChI=1S/C22H20F7NO/c23-17-3-1-14(2-4-17)20-8-7-18(30-20)5-6-19(20)31-12-13-9-15(21(24,25)26)11-16(10-13)22(27,28)29/h1-4,9-11,18-19,30H,5-8,12H2. The molecule has 2 aromatic carbocycles. The van der Waals surface area contributed by atoms with Crippen molar-refractivity contribution in [2.24, 2.45) is 0 Å². The zero-order valence-electron chi connectivity index (χ0n) is 16.3. The van der Waals surface area contributed by atoms with E-state index in [0.29, 0.717) is 25.0 Å². The quantitative estimate of drug-likeness (QED) is 0.565. The van der Waals surface area contributed by atoms with Gasteiger partial charge in [-0.2, -0.15) is 26.3 Å². The van der Waals surface area contributed by atoms with Gasteiger partial charge in [0.15, 0.2) is 0 Å². The lowest BCUT2D eigenvalue weighted by atomic mass is 9.80. The average molecular weight is 447 g/mol. The van der Waals surface area contributed by atoms with Crippen molar-refractivity contribution in [1.29, 1.82) is 0 Å². The van der Waals surface area contributed by atoms with Gasteiger partial charge in [0.2, 0.25) is 0 Å². The molecule has 0 amide bonds. The van der Waals surface area contributed by atoms with Crippen LogP contribution in [0.2, 0.25) is 0 Å². The largest absolute Gasteiger partial charge is 0.416 e. The van der Waals surface area contributed by atoms with E-state index >= 15 is 0 Å². The topological polar surface area (TPSA) is 21.3 Å². The number of rotatable bonds is 4. The molecule has 4 rings (SSSR count). The fourth-order valence-corrected chi connectivity index (χ4v) is 4.67. The molecule has 31 heavy (non-hydrogen) atoms. The molecule has 0 aromatic heterocycles. The van der Waals surface area contributed by atoms with E-state index in [2.05, 4.69) is 5.32 Å². The van der Waals surface area contributed by atoms with Crippen molar-refractivity contribution >= 4 is 0 Å². The van der Waals surface area contributed by atoms with Crippen LogP contribution in [-0.4, -0.2) is 12.1 Å². The van der Waals surface area contributed by atoms with Crippen molar-refractivity contribution in [3.8, 4) is 0 Å². The third-order valence-corrected chi connectivity index (χ3v) is 6.13. The zero-order valence-corrected chi connectivity index (χ0v) is 16.3. The predicted molar refractivity (Wildman–Crippen MR) is 98.5 cm³/mol. The van der Waals surface area contributed by atoms with Gasteiger partial charge >= 0.3 is 12.4 Å². The van der Waals surface area contributed by atoms with E-state index in [-0.39, 0.29) is 17.7 Å². The minimum Gasteiger partial charge on any atom is -0.371 e. The number of benzene rings is 2.